The third-order valence-corrected chi connectivity index (χ3v) is 4.07. The molecular weight excluding hydrogens is 377 g/mol. The summed E-state index contributed by atoms with van der Waals surface area (Å²) < 4.78 is 50.2. The van der Waals surface area contributed by atoms with E-state index >= 15 is 0 Å². The van der Waals surface area contributed by atoms with Crippen LogP contribution in [-0.2, 0) is 9.53 Å². The number of benzene rings is 1. The fourth-order valence-electron chi connectivity index (χ4n) is 1.93. The lowest BCUT2D eigenvalue weighted by atomic mass is 10.2. The summed E-state index contributed by atoms with van der Waals surface area (Å²) >= 11 is 0.865. The van der Waals surface area contributed by atoms with Crippen molar-refractivity contribution in [2.45, 2.75) is 13.3 Å². The van der Waals surface area contributed by atoms with E-state index in [-0.39, 0.29) is 17.2 Å². The minimum atomic E-state index is -4.80. The molecule has 0 unspecified atom stereocenters. The van der Waals surface area contributed by atoms with Crippen LogP contribution in [0.25, 0.3) is 10.4 Å². The number of ether oxygens (including phenoxy) is 3. The Balaban J connectivity index is 2.20. The molecule has 1 N–H and O–H groups in total. The van der Waals surface area contributed by atoms with E-state index in [1.54, 1.807) is 6.92 Å². The number of alkyl halides is 3. The molecule has 0 aliphatic heterocycles. The highest BCUT2D eigenvalue weighted by atomic mass is 32.1. The zero-order chi connectivity index (χ0) is 19.3. The van der Waals surface area contributed by atoms with Crippen LogP contribution in [0.1, 0.15) is 16.6 Å². The summed E-state index contributed by atoms with van der Waals surface area (Å²) in [6.45, 7) is 1.33. The first-order valence-corrected chi connectivity index (χ1v) is 8.03. The van der Waals surface area contributed by atoms with Gasteiger partial charge in [0.2, 0.25) is 0 Å². The molecule has 0 amide bonds. The number of aromatic carboxylic acids is 1. The van der Waals surface area contributed by atoms with Crippen molar-refractivity contribution < 1.29 is 42.1 Å². The van der Waals surface area contributed by atoms with Gasteiger partial charge in [0.05, 0.1) is 6.61 Å². The van der Waals surface area contributed by atoms with Crippen LogP contribution >= 0.6 is 11.3 Å². The highest BCUT2D eigenvalue weighted by Gasteiger charge is 2.31. The van der Waals surface area contributed by atoms with E-state index < -0.39 is 30.7 Å². The van der Waals surface area contributed by atoms with E-state index in [4.69, 9.17) is 9.47 Å². The molecule has 0 aliphatic rings. The maximum absolute atomic E-state index is 12.2. The van der Waals surface area contributed by atoms with Crippen LogP contribution in [0.15, 0.2) is 30.3 Å². The van der Waals surface area contributed by atoms with Crippen molar-refractivity contribution >= 4 is 23.3 Å². The Bertz CT molecular complexity index is 782. The Morgan fingerprint density at radius 1 is 1.19 bits per heavy atom. The molecular formula is C16H13F3O6S. The molecule has 0 saturated carbocycles. The normalized spacial score (nSPS) is 11.1. The molecule has 0 atom stereocenters. The zero-order valence-electron chi connectivity index (χ0n) is 13.3. The number of esters is 1. The number of carbonyl (C=O) groups is 2. The average Bonchev–Trinajstić information content (AvgIpc) is 2.97. The van der Waals surface area contributed by atoms with Gasteiger partial charge >= 0.3 is 18.3 Å². The molecule has 26 heavy (non-hydrogen) atoms. The standard InChI is InChI=1S/C16H13F3O6S/c1-2-23-13(20)8-24-11-7-12(26-14(11)15(21)22)9-3-5-10(6-4-9)25-16(17,18)19/h3-7H,2,8H2,1H3,(H,21,22). The molecule has 10 heteroatoms. The number of rotatable bonds is 7. The number of hydrogen-bond donors (Lipinski definition) is 1. The van der Waals surface area contributed by atoms with Crippen molar-refractivity contribution in [2.24, 2.45) is 0 Å². The fourth-order valence-corrected chi connectivity index (χ4v) is 2.88. The molecule has 0 radical (unpaired) electrons. The van der Waals surface area contributed by atoms with E-state index in [2.05, 4.69) is 4.74 Å². The van der Waals surface area contributed by atoms with E-state index in [1.165, 1.54) is 18.2 Å². The molecule has 1 aromatic heterocycles. The van der Waals surface area contributed by atoms with Crippen LogP contribution in [0.4, 0.5) is 13.2 Å². The predicted molar refractivity (Wildman–Crippen MR) is 85.5 cm³/mol. The smallest absolute Gasteiger partial charge is 0.480 e. The van der Waals surface area contributed by atoms with Crippen LogP contribution in [0, 0.1) is 0 Å². The number of thiophene rings is 1. The van der Waals surface area contributed by atoms with Crippen LogP contribution in [0.5, 0.6) is 11.5 Å². The second-order valence-electron chi connectivity index (χ2n) is 4.78. The maximum Gasteiger partial charge on any atom is 0.573 e. The van der Waals surface area contributed by atoms with Crippen molar-refractivity contribution in [3.05, 3.63) is 35.2 Å². The van der Waals surface area contributed by atoms with Crippen molar-refractivity contribution in [3.8, 4) is 21.9 Å². The number of carbonyl (C=O) groups excluding carboxylic acids is 1. The molecule has 6 nitrogen and oxygen atoms in total. The van der Waals surface area contributed by atoms with E-state index in [9.17, 15) is 27.9 Å². The number of carboxylic acids is 1. The summed E-state index contributed by atoms with van der Waals surface area (Å²) in [6.07, 6.45) is -4.80. The summed E-state index contributed by atoms with van der Waals surface area (Å²) in [6, 6.07) is 6.33. The Morgan fingerprint density at radius 2 is 1.85 bits per heavy atom. The molecule has 0 fully saturated rings. The maximum atomic E-state index is 12.2. The van der Waals surface area contributed by atoms with Gasteiger partial charge in [-0.05, 0) is 42.8 Å². The molecule has 2 rings (SSSR count). The van der Waals surface area contributed by atoms with E-state index in [1.807, 2.05) is 0 Å². The molecule has 1 aromatic carbocycles. The van der Waals surface area contributed by atoms with Gasteiger partial charge in [0.25, 0.3) is 0 Å². The first kappa shape index (κ1) is 19.6. The van der Waals surface area contributed by atoms with Gasteiger partial charge in [-0.1, -0.05) is 0 Å². The molecule has 0 bridgehead atoms. The topological polar surface area (TPSA) is 82.1 Å². The van der Waals surface area contributed by atoms with Crippen LogP contribution in [-0.4, -0.2) is 36.6 Å². The summed E-state index contributed by atoms with van der Waals surface area (Å²) in [5.41, 5.74) is 0.470. The van der Waals surface area contributed by atoms with Gasteiger partial charge in [0.15, 0.2) is 11.5 Å². The average molecular weight is 390 g/mol. The Hall–Kier alpha value is -2.75. The highest BCUT2D eigenvalue weighted by molar-refractivity contribution is 7.17. The van der Waals surface area contributed by atoms with Gasteiger partial charge < -0.3 is 19.3 Å². The van der Waals surface area contributed by atoms with Crippen LogP contribution < -0.4 is 9.47 Å². The molecule has 0 saturated heterocycles. The largest absolute Gasteiger partial charge is 0.573 e. The Morgan fingerprint density at radius 3 is 2.38 bits per heavy atom. The SMILES string of the molecule is CCOC(=O)COc1cc(-c2ccc(OC(F)(F)F)cc2)sc1C(=O)O. The molecule has 140 valence electrons. The van der Waals surface area contributed by atoms with Crippen molar-refractivity contribution in [3.63, 3.8) is 0 Å². The van der Waals surface area contributed by atoms with E-state index in [0.717, 1.165) is 23.5 Å². The Kier molecular flexibility index (Phi) is 6.09. The zero-order valence-corrected chi connectivity index (χ0v) is 14.1. The van der Waals surface area contributed by atoms with Gasteiger partial charge in [-0.3, -0.25) is 0 Å². The molecule has 0 aliphatic carbocycles. The van der Waals surface area contributed by atoms with Gasteiger partial charge in [0.1, 0.15) is 11.5 Å². The minimum absolute atomic E-state index is 0.0267. The predicted octanol–water partition coefficient (Wildman–Crippen LogP) is 3.95. The second-order valence-corrected chi connectivity index (χ2v) is 5.83. The van der Waals surface area contributed by atoms with Crippen molar-refractivity contribution in [1.82, 2.24) is 0 Å². The number of hydrogen-bond acceptors (Lipinski definition) is 6. The second kappa shape index (κ2) is 8.09. The monoisotopic (exact) mass is 390 g/mol. The first-order chi connectivity index (χ1) is 12.2. The van der Waals surface area contributed by atoms with Gasteiger partial charge in [-0.2, -0.15) is 0 Å². The van der Waals surface area contributed by atoms with Crippen LogP contribution in [0.2, 0.25) is 0 Å². The number of carboxylic acid groups (broad SMARTS) is 1. The highest BCUT2D eigenvalue weighted by Crippen LogP contribution is 2.37. The summed E-state index contributed by atoms with van der Waals surface area (Å²) in [5, 5.41) is 9.24. The molecule has 1 heterocycles. The lowest BCUT2D eigenvalue weighted by Crippen LogP contribution is -2.16. The quantitative estimate of drug-likeness (QED) is 0.721. The lowest BCUT2D eigenvalue weighted by Gasteiger charge is -2.08. The third kappa shape index (κ3) is 5.38. The fraction of sp³-hybridized carbons (Fsp3) is 0.250. The Labute approximate surface area is 149 Å². The van der Waals surface area contributed by atoms with Crippen LogP contribution in [0.3, 0.4) is 0 Å². The first-order valence-electron chi connectivity index (χ1n) is 7.21. The van der Waals surface area contributed by atoms with Crippen molar-refractivity contribution in [2.75, 3.05) is 13.2 Å². The van der Waals surface area contributed by atoms with Gasteiger partial charge in [-0.15, -0.1) is 24.5 Å². The molecule has 0 spiro atoms. The summed E-state index contributed by atoms with van der Waals surface area (Å²) in [7, 11) is 0. The van der Waals surface area contributed by atoms with E-state index in [0.29, 0.717) is 10.4 Å². The summed E-state index contributed by atoms with van der Waals surface area (Å²) in [5.74, 6) is -2.32. The van der Waals surface area contributed by atoms with Crippen molar-refractivity contribution in [1.29, 1.82) is 0 Å². The summed E-state index contributed by atoms with van der Waals surface area (Å²) in [4.78, 5) is 23.0. The number of halogens is 3. The lowest BCUT2D eigenvalue weighted by molar-refractivity contribution is -0.274. The third-order valence-electron chi connectivity index (χ3n) is 2.92. The van der Waals surface area contributed by atoms with Gasteiger partial charge in [-0.25, -0.2) is 9.59 Å². The van der Waals surface area contributed by atoms with Gasteiger partial charge in [0, 0.05) is 4.88 Å². The minimum Gasteiger partial charge on any atom is -0.480 e. The molecule has 2 aromatic rings.